The second-order valence-corrected chi connectivity index (χ2v) is 6.97. The van der Waals surface area contributed by atoms with Crippen molar-refractivity contribution in [3.8, 4) is 11.9 Å². The predicted octanol–water partition coefficient (Wildman–Crippen LogP) is 2.83. The van der Waals surface area contributed by atoms with Crippen LogP contribution in [-0.4, -0.2) is 29.5 Å². The van der Waals surface area contributed by atoms with Gasteiger partial charge in [-0.05, 0) is 49.4 Å². The fourth-order valence-electron chi connectivity index (χ4n) is 2.98. The lowest BCUT2D eigenvalue weighted by Gasteiger charge is -2.43. The Morgan fingerprint density at radius 2 is 2.13 bits per heavy atom. The quantitative estimate of drug-likeness (QED) is 0.613. The van der Waals surface area contributed by atoms with E-state index in [9.17, 15) is 4.79 Å². The topological polar surface area (TPSA) is 126 Å². The molecule has 0 atom stereocenters. The highest BCUT2D eigenvalue weighted by Gasteiger charge is 2.38. The first-order valence-corrected chi connectivity index (χ1v) is 9.77. The Morgan fingerprint density at radius 1 is 1.37 bits per heavy atom. The Bertz CT molecular complexity index is 901. The zero-order valence-corrected chi connectivity index (χ0v) is 17.4. The summed E-state index contributed by atoms with van der Waals surface area (Å²) >= 11 is 0. The Kier molecular flexibility index (Phi) is 8.32. The van der Waals surface area contributed by atoms with Crippen molar-refractivity contribution in [3.05, 3.63) is 60.1 Å². The molecular formula is C22H28N6O2. The molecule has 2 aromatic heterocycles. The van der Waals surface area contributed by atoms with Gasteiger partial charge in [0.2, 0.25) is 11.8 Å². The summed E-state index contributed by atoms with van der Waals surface area (Å²) in [5, 5.41) is 14.8. The molecule has 2 aromatic rings. The summed E-state index contributed by atoms with van der Waals surface area (Å²) in [5.74, 6) is 0.984. The smallest absolute Gasteiger partial charge is 0.231 e. The SMILES string of the molecule is C=C(CC)Nc1ccc(C#N)cn1.COc1cc(C2(NCC(N)=O)CCC2)ccn1. The number of primary amides is 1. The molecule has 3 rings (SSSR count). The molecule has 30 heavy (non-hydrogen) atoms. The number of ether oxygens (including phenoxy) is 1. The monoisotopic (exact) mass is 408 g/mol. The number of nitriles is 1. The van der Waals surface area contributed by atoms with Crippen LogP contribution >= 0.6 is 0 Å². The number of nitrogens with two attached hydrogens (primary N) is 1. The van der Waals surface area contributed by atoms with Crippen molar-refractivity contribution in [1.82, 2.24) is 15.3 Å². The maximum atomic E-state index is 10.9. The van der Waals surface area contributed by atoms with Crippen LogP contribution in [0, 0.1) is 11.3 Å². The van der Waals surface area contributed by atoms with Gasteiger partial charge in [-0.25, -0.2) is 9.97 Å². The number of amides is 1. The summed E-state index contributed by atoms with van der Waals surface area (Å²) in [6.45, 7) is 6.01. The molecule has 1 aliphatic rings. The molecular weight excluding hydrogens is 380 g/mol. The number of carbonyl (C=O) groups excluding carboxylic acids is 1. The summed E-state index contributed by atoms with van der Waals surface area (Å²) in [7, 11) is 1.59. The number of hydrogen-bond donors (Lipinski definition) is 3. The van der Waals surface area contributed by atoms with Crippen LogP contribution in [0.2, 0.25) is 0 Å². The van der Waals surface area contributed by atoms with E-state index in [-0.39, 0.29) is 18.0 Å². The van der Waals surface area contributed by atoms with Gasteiger partial charge in [-0.15, -0.1) is 0 Å². The number of nitrogens with zero attached hydrogens (tertiary/aromatic N) is 3. The summed E-state index contributed by atoms with van der Waals surface area (Å²) < 4.78 is 5.11. The molecule has 0 radical (unpaired) electrons. The highest BCUT2D eigenvalue weighted by molar-refractivity contribution is 5.76. The van der Waals surface area contributed by atoms with Crippen molar-refractivity contribution in [2.24, 2.45) is 5.73 Å². The van der Waals surface area contributed by atoms with Gasteiger partial charge in [0.15, 0.2) is 0 Å². The molecule has 8 nitrogen and oxygen atoms in total. The first-order valence-electron chi connectivity index (χ1n) is 9.77. The fraction of sp³-hybridized carbons (Fsp3) is 0.364. The van der Waals surface area contributed by atoms with Crippen LogP contribution in [0.5, 0.6) is 5.88 Å². The highest BCUT2D eigenvalue weighted by Crippen LogP contribution is 2.41. The van der Waals surface area contributed by atoms with Crippen LogP contribution in [0.15, 0.2) is 48.9 Å². The number of nitrogens with one attached hydrogen (secondary N) is 2. The molecule has 1 saturated carbocycles. The minimum Gasteiger partial charge on any atom is -0.481 e. The number of anilines is 1. The van der Waals surface area contributed by atoms with E-state index in [2.05, 4.69) is 27.2 Å². The average Bonchev–Trinajstić information content (AvgIpc) is 2.74. The Morgan fingerprint density at radius 3 is 2.63 bits per heavy atom. The molecule has 0 unspecified atom stereocenters. The first kappa shape index (κ1) is 22.8. The van der Waals surface area contributed by atoms with Crippen molar-refractivity contribution in [3.63, 3.8) is 0 Å². The van der Waals surface area contributed by atoms with Gasteiger partial charge in [0.25, 0.3) is 0 Å². The van der Waals surface area contributed by atoms with Crippen LogP contribution in [0.25, 0.3) is 0 Å². The van der Waals surface area contributed by atoms with E-state index >= 15 is 0 Å². The number of methoxy groups -OCH3 is 1. The summed E-state index contributed by atoms with van der Waals surface area (Å²) in [4.78, 5) is 19.0. The van der Waals surface area contributed by atoms with Gasteiger partial charge in [-0.2, -0.15) is 5.26 Å². The molecule has 4 N–H and O–H groups in total. The molecule has 158 valence electrons. The number of pyridine rings is 2. The van der Waals surface area contributed by atoms with Gasteiger partial charge < -0.3 is 15.8 Å². The van der Waals surface area contributed by atoms with E-state index in [0.29, 0.717) is 11.4 Å². The fourth-order valence-corrected chi connectivity index (χ4v) is 2.98. The van der Waals surface area contributed by atoms with Crippen molar-refractivity contribution in [1.29, 1.82) is 5.26 Å². The number of aromatic nitrogens is 2. The third-order valence-corrected chi connectivity index (χ3v) is 4.93. The molecule has 0 saturated heterocycles. The van der Waals surface area contributed by atoms with E-state index in [4.69, 9.17) is 15.7 Å². The van der Waals surface area contributed by atoms with Gasteiger partial charge in [0, 0.05) is 29.7 Å². The number of rotatable bonds is 8. The van der Waals surface area contributed by atoms with Crippen molar-refractivity contribution in [2.75, 3.05) is 19.0 Å². The molecule has 0 spiro atoms. The number of allylic oxidation sites excluding steroid dienone is 1. The third kappa shape index (κ3) is 6.29. The molecule has 8 heteroatoms. The maximum absolute atomic E-state index is 10.9. The predicted molar refractivity (Wildman–Crippen MR) is 116 cm³/mol. The molecule has 0 bridgehead atoms. The van der Waals surface area contributed by atoms with Crippen LogP contribution in [0.1, 0.15) is 43.7 Å². The van der Waals surface area contributed by atoms with Crippen molar-refractivity contribution < 1.29 is 9.53 Å². The highest BCUT2D eigenvalue weighted by atomic mass is 16.5. The summed E-state index contributed by atoms with van der Waals surface area (Å²) in [6.07, 6.45) is 7.28. The van der Waals surface area contributed by atoms with E-state index in [0.717, 1.165) is 42.8 Å². The van der Waals surface area contributed by atoms with Gasteiger partial charge in [-0.1, -0.05) is 13.5 Å². The van der Waals surface area contributed by atoms with Crippen LogP contribution in [0.3, 0.4) is 0 Å². The molecule has 1 fully saturated rings. The van der Waals surface area contributed by atoms with E-state index in [1.54, 1.807) is 25.4 Å². The lowest BCUT2D eigenvalue weighted by atomic mass is 9.72. The molecule has 1 aliphatic carbocycles. The van der Waals surface area contributed by atoms with Crippen molar-refractivity contribution in [2.45, 2.75) is 38.1 Å². The maximum Gasteiger partial charge on any atom is 0.231 e. The molecule has 2 heterocycles. The number of carbonyl (C=O) groups is 1. The third-order valence-electron chi connectivity index (χ3n) is 4.93. The van der Waals surface area contributed by atoms with Gasteiger partial charge >= 0.3 is 0 Å². The number of hydrogen-bond acceptors (Lipinski definition) is 7. The second kappa shape index (κ2) is 10.9. The van der Waals surface area contributed by atoms with E-state index in [1.165, 1.54) is 6.20 Å². The minimum atomic E-state index is -0.336. The molecule has 1 amide bonds. The first-order chi connectivity index (χ1) is 14.4. The zero-order chi connectivity index (χ0) is 22.0. The van der Waals surface area contributed by atoms with Crippen LogP contribution in [0.4, 0.5) is 5.82 Å². The standard InChI is InChI=1S/C12H17N3O2.C10H11N3/c1-17-11-7-9(3-6-14-11)12(4-2-5-12)15-8-10(13)16;1-3-8(2)13-10-5-4-9(6-11)7-12-10/h3,6-7,15H,2,4-5,8H2,1H3,(H2,13,16);4-5,7H,2-3H2,1H3,(H,12,13). The lowest BCUT2D eigenvalue weighted by Crippen LogP contribution is -2.50. The lowest BCUT2D eigenvalue weighted by molar-refractivity contribution is -0.117. The Balaban J connectivity index is 0.000000222. The summed E-state index contributed by atoms with van der Waals surface area (Å²) in [5.41, 5.74) is 7.63. The van der Waals surface area contributed by atoms with Gasteiger partial charge in [0.1, 0.15) is 11.9 Å². The van der Waals surface area contributed by atoms with E-state index < -0.39 is 0 Å². The van der Waals surface area contributed by atoms with Crippen molar-refractivity contribution >= 4 is 11.7 Å². The summed E-state index contributed by atoms with van der Waals surface area (Å²) in [6, 6.07) is 9.36. The molecule has 0 aliphatic heterocycles. The largest absolute Gasteiger partial charge is 0.481 e. The van der Waals surface area contributed by atoms with Crippen LogP contribution in [-0.2, 0) is 10.3 Å². The zero-order valence-electron chi connectivity index (χ0n) is 17.4. The van der Waals surface area contributed by atoms with Crippen LogP contribution < -0.4 is 21.1 Å². The Hall–Kier alpha value is -3.44. The molecule has 0 aromatic carbocycles. The normalized spacial score (nSPS) is 13.6. The van der Waals surface area contributed by atoms with E-state index in [1.807, 2.05) is 25.1 Å². The minimum absolute atomic E-state index is 0.134. The average molecular weight is 409 g/mol. The Labute approximate surface area is 177 Å². The van der Waals surface area contributed by atoms with Gasteiger partial charge in [0.05, 0.1) is 19.2 Å². The van der Waals surface area contributed by atoms with Gasteiger partial charge in [-0.3, -0.25) is 10.1 Å². The second-order valence-electron chi connectivity index (χ2n) is 6.97.